The first-order chi connectivity index (χ1) is 17.3. The fourth-order valence-corrected chi connectivity index (χ4v) is 5.97. The van der Waals surface area contributed by atoms with Crippen LogP contribution < -0.4 is 5.32 Å². The molecule has 0 amide bonds. The first-order valence-corrected chi connectivity index (χ1v) is 11.7. The average Bonchev–Trinajstić information content (AvgIpc) is 3.28. The number of carboxylic acid groups (broad SMARTS) is 1. The second kappa shape index (κ2) is 8.21. The standard InChI is InChI=1S/C25H21F2N5O4/c26-13-7-16-17(10-28-22(16)18(27)8-13)24-29-19-9-14(32(35)36)5-6-15(19)23(31-24)30-21-12-3-1-11(2-4-12)20(21)25(33)34/h5-12,20-21,28H,1-4H2,(H,33,34)(H,29,30,31). The lowest BCUT2D eigenvalue weighted by atomic mass is 9.61. The van der Waals surface area contributed by atoms with E-state index in [4.69, 9.17) is 0 Å². The van der Waals surface area contributed by atoms with Gasteiger partial charge in [-0.25, -0.2) is 18.7 Å². The third-order valence-electron chi connectivity index (χ3n) is 7.65. The van der Waals surface area contributed by atoms with E-state index in [1.165, 1.54) is 30.5 Å². The molecular formula is C25H21F2N5O4. The van der Waals surface area contributed by atoms with Crippen molar-refractivity contribution in [3.63, 3.8) is 0 Å². The number of aromatic amines is 1. The van der Waals surface area contributed by atoms with Crippen molar-refractivity contribution in [2.75, 3.05) is 5.32 Å². The van der Waals surface area contributed by atoms with E-state index in [1.807, 2.05) is 0 Å². The first kappa shape index (κ1) is 22.3. The highest BCUT2D eigenvalue weighted by Crippen LogP contribution is 2.47. The number of halogens is 2. The van der Waals surface area contributed by atoms with Crippen LogP contribution in [0.3, 0.4) is 0 Å². The molecule has 2 atom stereocenters. The number of nitrogens with zero attached hydrogens (tertiary/aromatic N) is 3. The zero-order valence-electron chi connectivity index (χ0n) is 18.9. The van der Waals surface area contributed by atoms with E-state index in [-0.39, 0.29) is 45.8 Å². The summed E-state index contributed by atoms with van der Waals surface area (Å²) in [6.45, 7) is 0. The Balaban J connectivity index is 1.53. The molecule has 3 aliphatic carbocycles. The normalized spacial score (nSPS) is 23.3. The summed E-state index contributed by atoms with van der Waals surface area (Å²) in [7, 11) is 0. The zero-order chi connectivity index (χ0) is 25.1. The molecule has 3 fully saturated rings. The van der Waals surface area contributed by atoms with Gasteiger partial charge < -0.3 is 15.4 Å². The number of non-ortho nitro benzene ring substituents is 1. The van der Waals surface area contributed by atoms with Crippen LogP contribution >= 0.6 is 0 Å². The zero-order valence-corrected chi connectivity index (χ0v) is 18.9. The highest BCUT2D eigenvalue weighted by Gasteiger charge is 2.47. The van der Waals surface area contributed by atoms with Crippen LogP contribution in [0, 0.1) is 39.5 Å². The summed E-state index contributed by atoms with van der Waals surface area (Å²) in [6, 6.07) is 5.75. The summed E-state index contributed by atoms with van der Waals surface area (Å²) < 4.78 is 28.3. The molecule has 2 heterocycles. The summed E-state index contributed by atoms with van der Waals surface area (Å²) in [5.41, 5.74) is 0.490. The van der Waals surface area contributed by atoms with Crippen LogP contribution in [0.15, 0.2) is 36.5 Å². The number of rotatable bonds is 5. The molecule has 9 nitrogen and oxygen atoms in total. The topological polar surface area (TPSA) is 134 Å². The lowest BCUT2D eigenvalue weighted by Crippen LogP contribution is -2.51. The summed E-state index contributed by atoms with van der Waals surface area (Å²) in [6.07, 6.45) is 5.02. The number of hydrogen-bond donors (Lipinski definition) is 3. The minimum atomic E-state index is -0.862. The van der Waals surface area contributed by atoms with Crippen LogP contribution in [0.1, 0.15) is 25.7 Å². The second-order valence-corrected chi connectivity index (χ2v) is 9.58. The van der Waals surface area contributed by atoms with Gasteiger partial charge in [0.25, 0.3) is 5.69 Å². The predicted octanol–water partition coefficient (Wildman–Crippen LogP) is 5.27. The van der Waals surface area contributed by atoms with Crippen molar-refractivity contribution in [3.8, 4) is 11.4 Å². The van der Waals surface area contributed by atoms with E-state index in [9.17, 15) is 28.8 Å². The van der Waals surface area contributed by atoms with Crippen LogP contribution in [0.4, 0.5) is 20.3 Å². The van der Waals surface area contributed by atoms with Crippen molar-refractivity contribution in [2.24, 2.45) is 17.8 Å². The number of fused-ring (bicyclic) bond motifs is 5. The summed E-state index contributed by atoms with van der Waals surface area (Å²) in [4.78, 5) is 35.0. The van der Waals surface area contributed by atoms with Gasteiger partial charge >= 0.3 is 5.97 Å². The Kier molecular flexibility index (Phi) is 5.09. The molecular weight excluding hydrogens is 472 g/mol. The number of H-pyrrole nitrogens is 1. The number of carboxylic acids is 1. The Morgan fingerprint density at radius 2 is 1.83 bits per heavy atom. The van der Waals surface area contributed by atoms with Gasteiger partial charge in [-0.05, 0) is 49.7 Å². The van der Waals surface area contributed by atoms with Crippen LogP contribution in [0.2, 0.25) is 0 Å². The molecule has 3 saturated carbocycles. The Labute approximate surface area is 202 Å². The number of carbonyl (C=O) groups is 1. The minimum Gasteiger partial charge on any atom is -0.481 e. The minimum absolute atomic E-state index is 0.0678. The third kappa shape index (κ3) is 3.53. The predicted molar refractivity (Wildman–Crippen MR) is 127 cm³/mol. The van der Waals surface area contributed by atoms with E-state index in [1.54, 1.807) is 0 Å². The van der Waals surface area contributed by atoms with Crippen LogP contribution in [-0.2, 0) is 4.79 Å². The largest absolute Gasteiger partial charge is 0.481 e. The van der Waals surface area contributed by atoms with Crippen molar-refractivity contribution < 1.29 is 23.6 Å². The quantitative estimate of drug-likeness (QED) is 0.255. The Morgan fingerprint density at radius 3 is 2.56 bits per heavy atom. The van der Waals surface area contributed by atoms with Gasteiger partial charge in [-0.2, -0.15) is 0 Å². The molecule has 7 rings (SSSR count). The van der Waals surface area contributed by atoms with Crippen LogP contribution in [-0.4, -0.2) is 37.0 Å². The lowest BCUT2D eigenvalue weighted by Gasteiger charge is -2.47. The maximum atomic E-state index is 14.3. The van der Waals surface area contributed by atoms with Gasteiger partial charge in [-0.15, -0.1) is 0 Å². The fraction of sp³-hybridized carbons (Fsp3) is 0.320. The molecule has 184 valence electrons. The molecule has 2 bridgehead atoms. The molecule has 3 aliphatic rings. The number of aliphatic carboxylic acids is 1. The van der Waals surface area contributed by atoms with E-state index in [0.717, 1.165) is 31.7 Å². The molecule has 3 N–H and O–H groups in total. The molecule has 36 heavy (non-hydrogen) atoms. The molecule has 4 aromatic rings. The number of aromatic nitrogens is 3. The molecule has 2 unspecified atom stereocenters. The summed E-state index contributed by atoms with van der Waals surface area (Å²) >= 11 is 0. The first-order valence-electron chi connectivity index (χ1n) is 11.7. The number of anilines is 1. The van der Waals surface area contributed by atoms with Gasteiger partial charge in [0.15, 0.2) is 5.82 Å². The van der Waals surface area contributed by atoms with E-state index >= 15 is 0 Å². The lowest BCUT2D eigenvalue weighted by molar-refractivity contribution is -0.384. The van der Waals surface area contributed by atoms with Gasteiger partial charge in [0, 0.05) is 46.8 Å². The smallest absolute Gasteiger partial charge is 0.308 e. The highest BCUT2D eigenvalue weighted by molar-refractivity contribution is 5.97. The molecule has 0 saturated heterocycles. The van der Waals surface area contributed by atoms with Gasteiger partial charge in [0.2, 0.25) is 0 Å². The van der Waals surface area contributed by atoms with Gasteiger partial charge in [0.1, 0.15) is 17.5 Å². The fourth-order valence-electron chi connectivity index (χ4n) is 5.97. The van der Waals surface area contributed by atoms with Crippen molar-refractivity contribution in [1.82, 2.24) is 15.0 Å². The maximum Gasteiger partial charge on any atom is 0.308 e. The SMILES string of the molecule is O=C(O)C1C2CCC(CC2)C1Nc1nc(-c2c[nH]c3c(F)cc(F)cc23)nc2cc([N+](=O)[O-])ccc12. The number of hydrogen-bond acceptors (Lipinski definition) is 6. The van der Waals surface area contributed by atoms with E-state index in [0.29, 0.717) is 16.8 Å². The Hall–Kier alpha value is -4.15. The van der Waals surface area contributed by atoms with Gasteiger partial charge in [0.05, 0.1) is 21.9 Å². The number of nitro groups is 1. The molecule has 2 aromatic heterocycles. The second-order valence-electron chi connectivity index (χ2n) is 9.58. The maximum absolute atomic E-state index is 14.3. The Morgan fingerprint density at radius 1 is 1.08 bits per heavy atom. The van der Waals surface area contributed by atoms with E-state index in [2.05, 4.69) is 20.3 Å². The number of benzene rings is 2. The summed E-state index contributed by atoms with van der Waals surface area (Å²) in [5, 5.41) is 25.4. The molecule has 0 radical (unpaired) electrons. The number of nitro benzene ring substituents is 1. The highest BCUT2D eigenvalue weighted by atomic mass is 19.1. The van der Waals surface area contributed by atoms with Crippen molar-refractivity contribution in [3.05, 3.63) is 58.3 Å². The average molecular weight is 493 g/mol. The van der Waals surface area contributed by atoms with Crippen LogP contribution in [0.25, 0.3) is 33.2 Å². The van der Waals surface area contributed by atoms with Crippen molar-refractivity contribution in [2.45, 2.75) is 31.7 Å². The van der Waals surface area contributed by atoms with Crippen LogP contribution in [0.5, 0.6) is 0 Å². The Bertz CT molecular complexity index is 1550. The number of nitrogens with one attached hydrogen (secondary N) is 2. The molecule has 0 spiro atoms. The van der Waals surface area contributed by atoms with Crippen molar-refractivity contribution in [1.29, 1.82) is 0 Å². The molecule has 0 aliphatic heterocycles. The monoisotopic (exact) mass is 493 g/mol. The van der Waals surface area contributed by atoms with Gasteiger partial charge in [-0.1, -0.05) is 0 Å². The summed E-state index contributed by atoms with van der Waals surface area (Å²) in [5.74, 6) is -2.32. The van der Waals surface area contributed by atoms with Crippen molar-refractivity contribution >= 4 is 39.3 Å². The third-order valence-corrected chi connectivity index (χ3v) is 7.65. The van der Waals surface area contributed by atoms with Gasteiger partial charge in [-0.3, -0.25) is 14.9 Å². The molecule has 11 heteroatoms. The van der Waals surface area contributed by atoms with E-state index < -0.39 is 28.4 Å². The molecule has 2 aromatic carbocycles.